The van der Waals surface area contributed by atoms with Gasteiger partial charge in [-0.3, -0.25) is 9.78 Å². The van der Waals surface area contributed by atoms with E-state index >= 15 is 0 Å². The van der Waals surface area contributed by atoms with Crippen molar-refractivity contribution in [2.75, 3.05) is 6.54 Å². The molecular formula is C23H23FN4O. The summed E-state index contributed by atoms with van der Waals surface area (Å²) in [4.78, 5) is 27.4. The molecule has 1 unspecified atom stereocenters. The third-order valence-electron chi connectivity index (χ3n) is 5.36. The van der Waals surface area contributed by atoms with Crippen LogP contribution in [0, 0.1) is 5.82 Å². The molecule has 1 aliphatic heterocycles. The molecule has 0 spiro atoms. The van der Waals surface area contributed by atoms with Crippen LogP contribution in [0.2, 0.25) is 0 Å². The first kappa shape index (κ1) is 19.2. The highest BCUT2D eigenvalue weighted by molar-refractivity contribution is 5.77. The molecule has 3 heterocycles. The lowest BCUT2D eigenvalue weighted by molar-refractivity contribution is -0.132. The molecule has 0 N–H and O–H groups in total. The van der Waals surface area contributed by atoms with Crippen molar-refractivity contribution in [1.29, 1.82) is 0 Å². The van der Waals surface area contributed by atoms with Crippen molar-refractivity contribution in [2.45, 2.75) is 38.1 Å². The minimum Gasteiger partial charge on any atom is -0.334 e. The molecule has 1 saturated heterocycles. The Bertz CT molecular complexity index is 945. The maximum atomic E-state index is 13.0. The molecule has 1 amide bonds. The van der Waals surface area contributed by atoms with Gasteiger partial charge < -0.3 is 4.90 Å². The highest BCUT2D eigenvalue weighted by atomic mass is 19.1. The Morgan fingerprint density at radius 3 is 2.55 bits per heavy atom. The van der Waals surface area contributed by atoms with Crippen molar-refractivity contribution in [3.8, 4) is 11.1 Å². The fraction of sp³-hybridized carbons (Fsp3) is 0.304. The fourth-order valence-electron chi connectivity index (χ4n) is 3.83. The Labute approximate surface area is 169 Å². The van der Waals surface area contributed by atoms with E-state index in [1.165, 1.54) is 18.5 Å². The molecule has 1 aliphatic rings. The van der Waals surface area contributed by atoms with Gasteiger partial charge in [-0.1, -0.05) is 18.2 Å². The van der Waals surface area contributed by atoms with Crippen LogP contribution in [0.5, 0.6) is 0 Å². The molecule has 3 aromatic rings. The van der Waals surface area contributed by atoms with Crippen molar-refractivity contribution < 1.29 is 9.18 Å². The molecule has 0 aliphatic carbocycles. The highest BCUT2D eigenvalue weighted by Gasteiger charge is 2.30. The maximum absolute atomic E-state index is 13.0. The third kappa shape index (κ3) is 4.65. The largest absolute Gasteiger partial charge is 0.334 e. The Hall–Kier alpha value is -3.15. The lowest BCUT2D eigenvalue weighted by atomic mass is 10.1. The van der Waals surface area contributed by atoms with E-state index in [-0.39, 0.29) is 17.8 Å². The summed E-state index contributed by atoms with van der Waals surface area (Å²) in [5.41, 5.74) is 3.87. The smallest absolute Gasteiger partial charge is 0.223 e. The number of nitrogens with zero attached hydrogens (tertiary/aromatic N) is 4. The number of hydrogen-bond acceptors (Lipinski definition) is 4. The van der Waals surface area contributed by atoms with E-state index in [2.05, 4.69) is 15.0 Å². The lowest BCUT2D eigenvalue weighted by Crippen LogP contribution is -2.30. The van der Waals surface area contributed by atoms with Crippen LogP contribution in [0.1, 0.15) is 43.0 Å². The van der Waals surface area contributed by atoms with E-state index in [9.17, 15) is 9.18 Å². The summed E-state index contributed by atoms with van der Waals surface area (Å²) in [5.74, 6) is -0.0695. The van der Waals surface area contributed by atoms with Crippen molar-refractivity contribution in [3.05, 3.63) is 78.4 Å². The first-order chi connectivity index (χ1) is 14.2. The molecule has 5 nitrogen and oxygen atoms in total. The van der Waals surface area contributed by atoms with E-state index in [4.69, 9.17) is 0 Å². The molecule has 0 saturated carbocycles. The van der Waals surface area contributed by atoms with Gasteiger partial charge in [0, 0.05) is 42.7 Å². The summed E-state index contributed by atoms with van der Waals surface area (Å²) in [5, 5.41) is 0. The van der Waals surface area contributed by atoms with Crippen molar-refractivity contribution in [2.24, 2.45) is 0 Å². The normalized spacial score (nSPS) is 16.2. The fourth-order valence-corrected chi connectivity index (χ4v) is 3.83. The molecule has 1 atom stereocenters. The SMILES string of the molecule is O=C(CCCc1ccc(F)cc1)N1CCCC1c1ccc(-c2cncnc2)cn1. The summed E-state index contributed by atoms with van der Waals surface area (Å²) in [6, 6.07) is 10.5. The van der Waals surface area contributed by atoms with Crippen LogP contribution in [0.3, 0.4) is 0 Å². The van der Waals surface area contributed by atoms with Crippen LogP contribution in [0.25, 0.3) is 11.1 Å². The van der Waals surface area contributed by atoms with E-state index < -0.39 is 0 Å². The van der Waals surface area contributed by atoms with Crippen LogP contribution in [0.15, 0.2) is 61.3 Å². The van der Waals surface area contributed by atoms with Crippen molar-refractivity contribution in [1.82, 2.24) is 19.9 Å². The third-order valence-corrected chi connectivity index (χ3v) is 5.36. The Kier molecular flexibility index (Phi) is 5.89. The number of aryl methyl sites for hydroxylation is 1. The van der Waals surface area contributed by atoms with Crippen molar-refractivity contribution in [3.63, 3.8) is 0 Å². The van der Waals surface area contributed by atoms with Gasteiger partial charge in [-0.25, -0.2) is 14.4 Å². The van der Waals surface area contributed by atoms with E-state index in [1.54, 1.807) is 24.5 Å². The van der Waals surface area contributed by atoms with Crippen LogP contribution in [-0.2, 0) is 11.2 Å². The number of halogens is 1. The highest BCUT2D eigenvalue weighted by Crippen LogP contribution is 2.32. The molecule has 148 valence electrons. The van der Waals surface area contributed by atoms with Crippen LogP contribution >= 0.6 is 0 Å². The number of rotatable bonds is 6. The van der Waals surface area contributed by atoms with Gasteiger partial charge in [0.05, 0.1) is 11.7 Å². The quantitative estimate of drug-likeness (QED) is 0.627. The predicted molar refractivity (Wildman–Crippen MR) is 108 cm³/mol. The van der Waals surface area contributed by atoms with E-state index in [0.717, 1.165) is 54.6 Å². The summed E-state index contributed by atoms with van der Waals surface area (Å²) < 4.78 is 13.0. The Morgan fingerprint density at radius 1 is 1.03 bits per heavy atom. The molecule has 0 bridgehead atoms. The molecule has 0 radical (unpaired) electrons. The minimum absolute atomic E-state index is 0.0365. The van der Waals surface area contributed by atoms with Gasteiger partial charge in [0.1, 0.15) is 12.1 Å². The second kappa shape index (κ2) is 8.90. The number of carbonyl (C=O) groups excluding carboxylic acids is 1. The summed E-state index contributed by atoms with van der Waals surface area (Å²) in [7, 11) is 0. The number of aromatic nitrogens is 3. The van der Waals surface area contributed by atoms with Gasteiger partial charge >= 0.3 is 0 Å². The standard InChI is InChI=1S/C23H23FN4O/c24-20-9-6-17(7-10-20)3-1-5-23(29)28-12-2-4-22(28)21-11-8-18(15-27-21)19-13-25-16-26-14-19/h6-11,13-16,22H,1-5,12H2. The summed E-state index contributed by atoms with van der Waals surface area (Å²) in [6.45, 7) is 0.774. The number of pyridine rings is 1. The molecule has 1 fully saturated rings. The first-order valence-electron chi connectivity index (χ1n) is 9.96. The minimum atomic E-state index is -0.233. The van der Waals surface area contributed by atoms with Crippen molar-refractivity contribution >= 4 is 5.91 Å². The first-order valence-corrected chi connectivity index (χ1v) is 9.96. The molecule has 2 aromatic heterocycles. The topological polar surface area (TPSA) is 59.0 Å². The van der Waals surface area contributed by atoms with Gasteiger partial charge in [-0.15, -0.1) is 0 Å². The Morgan fingerprint density at radius 2 is 1.83 bits per heavy atom. The van der Waals surface area contributed by atoms with Gasteiger partial charge in [-0.2, -0.15) is 0 Å². The summed E-state index contributed by atoms with van der Waals surface area (Å²) in [6.07, 6.45) is 10.8. The van der Waals surface area contributed by atoms with Gasteiger partial charge in [0.15, 0.2) is 0 Å². The molecule has 1 aromatic carbocycles. The number of likely N-dealkylation sites (tertiary alicyclic amines) is 1. The Balaban J connectivity index is 1.36. The van der Waals surface area contributed by atoms with E-state index in [0.29, 0.717) is 6.42 Å². The second-order valence-electron chi connectivity index (χ2n) is 7.32. The zero-order valence-electron chi connectivity index (χ0n) is 16.2. The van der Waals surface area contributed by atoms with Gasteiger partial charge in [0.25, 0.3) is 0 Å². The number of amides is 1. The second-order valence-corrected chi connectivity index (χ2v) is 7.32. The lowest BCUT2D eigenvalue weighted by Gasteiger charge is -2.24. The maximum Gasteiger partial charge on any atom is 0.223 e. The summed E-state index contributed by atoms with van der Waals surface area (Å²) >= 11 is 0. The molecular weight excluding hydrogens is 367 g/mol. The molecule has 4 rings (SSSR count). The monoisotopic (exact) mass is 390 g/mol. The van der Waals surface area contributed by atoms with Crippen LogP contribution < -0.4 is 0 Å². The predicted octanol–water partition coefficient (Wildman–Crippen LogP) is 4.36. The van der Waals surface area contributed by atoms with E-state index in [1.807, 2.05) is 23.2 Å². The number of benzene rings is 1. The average molecular weight is 390 g/mol. The zero-order chi connectivity index (χ0) is 20.1. The molecule has 6 heteroatoms. The van der Waals surface area contributed by atoms with Crippen LogP contribution in [0.4, 0.5) is 4.39 Å². The zero-order valence-corrected chi connectivity index (χ0v) is 16.2. The number of carbonyl (C=O) groups is 1. The average Bonchev–Trinajstić information content (AvgIpc) is 3.26. The van der Waals surface area contributed by atoms with Gasteiger partial charge in [0.2, 0.25) is 5.91 Å². The number of hydrogen-bond donors (Lipinski definition) is 0. The van der Waals surface area contributed by atoms with Gasteiger partial charge in [-0.05, 0) is 49.4 Å². The molecule has 29 heavy (non-hydrogen) atoms. The van der Waals surface area contributed by atoms with Crippen LogP contribution in [-0.4, -0.2) is 32.3 Å².